The first-order valence-corrected chi connectivity index (χ1v) is 12.2. The number of hydrogen-bond acceptors (Lipinski definition) is 5. The van der Waals surface area contributed by atoms with Crippen molar-refractivity contribution in [1.29, 1.82) is 0 Å². The smallest absolute Gasteiger partial charge is 0.277 e. The van der Waals surface area contributed by atoms with Gasteiger partial charge in [-0.3, -0.25) is 9.59 Å². The molecular formula is C27H31N5O3. The van der Waals surface area contributed by atoms with Crippen molar-refractivity contribution in [2.24, 2.45) is 5.73 Å². The lowest BCUT2D eigenvalue weighted by molar-refractivity contribution is 0.0723. The molecule has 0 atom stereocenters. The number of aromatic nitrogens is 2. The zero-order valence-corrected chi connectivity index (χ0v) is 20.3. The quantitative estimate of drug-likeness (QED) is 0.612. The summed E-state index contributed by atoms with van der Waals surface area (Å²) in [6, 6.07) is 13.1. The van der Waals surface area contributed by atoms with Crippen LogP contribution in [0.1, 0.15) is 56.9 Å². The van der Waals surface area contributed by atoms with Crippen molar-refractivity contribution in [3.8, 4) is 11.4 Å². The molecule has 8 heteroatoms. The number of rotatable bonds is 5. The molecule has 8 nitrogen and oxygen atoms in total. The van der Waals surface area contributed by atoms with Crippen LogP contribution >= 0.6 is 0 Å². The fourth-order valence-corrected chi connectivity index (χ4v) is 5.07. The van der Waals surface area contributed by atoms with Gasteiger partial charge in [0.1, 0.15) is 11.4 Å². The third-order valence-corrected chi connectivity index (χ3v) is 7.01. The number of ether oxygens (including phenoxy) is 1. The van der Waals surface area contributed by atoms with Gasteiger partial charge in [0.25, 0.3) is 11.8 Å². The number of benzene rings is 2. The van der Waals surface area contributed by atoms with E-state index in [1.165, 1.54) is 6.42 Å². The Morgan fingerprint density at radius 1 is 1.03 bits per heavy atom. The summed E-state index contributed by atoms with van der Waals surface area (Å²) >= 11 is 0. The van der Waals surface area contributed by atoms with Crippen molar-refractivity contribution in [2.45, 2.75) is 39.2 Å². The van der Waals surface area contributed by atoms with Crippen molar-refractivity contribution in [1.82, 2.24) is 14.7 Å². The van der Waals surface area contributed by atoms with Crippen LogP contribution in [0.3, 0.4) is 0 Å². The molecule has 2 amide bonds. The number of methoxy groups -OCH3 is 1. The highest BCUT2D eigenvalue weighted by atomic mass is 16.5. The van der Waals surface area contributed by atoms with Gasteiger partial charge in [-0.2, -0.15) is 5.10 Å². The molecular weight excluding hydrogens is 442 g/mol. The molecule has 2 aliphatic rings. The molecule has 2 aliphatic heterocycles. The molecule has 3 heterocycles. The highest BCUT2D eigenvalue weighted by molar-refractivity contribution is 6.08. The summed E-state index contributed by atoms with van der Waals surface area (Å²) in [6.45, 7) is 4.37. The van der Waals surface area contributed by atoms with E-state index >= 15 is 0 Å². The summed E-state index contributed by atoms with van der Waals surface area (Å²) in [6.07, 6.45) is 3.96. The van der Waals surface area contributed by atoms with Crippen molar-refractivity contribution in [2.75, 3.05) is 31.6 Å². The Labute approximate surface area is 205 Å². The number of hydrogen-bond donors (Lipinski definition) is 1. The van der Waals surface area contributed by atoms with E-state index in [4.69, 9.17) is 10.5 Å². The van der Waals surface area contributed by atoms with E-state index in [9.17, 15) is 9.59 Å². The number of fused-ring (bicyclic) bond motifs is 1. The Morgan fingerprint density at radius 2 is 1.74 bits per heavy atom. The number of piperidine rings is 1. The fourth-order valence-electron chi connectivity index (χ4n) is 5.07. The van der Waals surface area contributed by atoms with Gasteiger partial charge in [0.15, 0.2) is 0 Å². The first-order valence-electron chi connectivity index (χ1n) is 12.2. The van der Waals surface area contributed by atoms with E-state index < -0.39 is 0 Å². The lowest BCUT2D eigenvalue weighted by atomic mass is 10.0. The van der Waals surface area contributed by atoms with Gasteiger partial charge < -0.3 is 20.3 Å². The molecule has 1 saturated heterocycles. The first kappa shape index (κ1) is 23.1. The minimum atomic E-state index is -0.122. The van der Waals surface area contributed by atoms with E-state index in [-0.39, 0.29) is 18.4 Å². The molecule has 0 saturated carbocycles. The van der Waals surface area contributed by atoms with E-state index in [2.05, 4.69) is 5.10 Å². The van der Waals surface area contributed by atoms with Crippen LogP contribution in [-0.2, 0) is 13.0 Å². The Bertz CT molecular complexity index is 1260. The summed E-state index contributed by atoms with van der Waals surface area (Å²) in [5, 5.41) is 4.67. The summed E-state index contributed by atoms with van der Waals surface area (Å²) in [5.41, 5.74) is 11.3. The highest BCUT2D eigenvalue weighted by Gasteiger charge is 2.33. The minimum Gasteiger partial charge on any atom is -0.497 e. The number of anilines is 1. The molecule has 2 aromatic carbocycles. The zero-order chi connectivity index (χ0) is 24.5. The molecule has 5 rings (SSSR count). The van der Waals surface area contributed by atoms with E-state index in [1.807, 2.05) is 54.3 Å². The van der Waals surface area contributed by atoms with Gasteiger partial charge in [0, 0.05) is 43.0 Å². The highest BCUT2D eigenvalue weighted by Crippen LogP contribution is 2.30. The summed E-state index contributed by atoms with van der Waals surface area (Å²) in [4.78, 5) is 30.5. The van der Waals surface area contributed by atoms with Crippen molar-refractivity contribution < 1.29 is 14.3 Å². The van der Waals surface area contributed by atoms with Gasteiger partial charge in [-0.25, -0.2) is 4.68 Å². The number of carbonyl (C=O) groups is 2. The Morgan fingerprint density at radius 3 is 2.40 bits per heavy atom. The van der Waals surface area contributed by atoms with Crippen LogP contribution in [0.2, 0.25) is 0 Å². The molecule has 1 aromatic heterocycles. The van der Waals surface area contributed by atoms with Crippen LogP contribution in [0.15, 0.2) is 42.5 Å². The predicted octanol–water partition coefficient (Wildman–Crippen LogP) is 3.48. The van der Waals surface area contributed by atoms with Gasteiger partial charge in [-0.15, -0.1) is 0 Å². The first-order chi connectivity index (χ1) is 17.0. The van der Waals surface area contributed by atoms with E-state index in [1.54, 1.807) is 16.7 Å². The summed E-state index contributed by atoms with van der Waals surface area (Å²) in [5.74, 6) is 0.686. The van der Waals surface area contributed by atoms with E-state index in [0.29, 0.717) is 24.2 Å². The van der Waals surface area contributed by atoms with Crippen LogP contribution in [0.5, 0.6) is 5.75 Å². The van der Waals surface area contributed by atoms with Gasteiger partial charge >= 0.3 is 0 Å². The molecule has 182 valence electrons. The van der Waals surface area contributed by atoms with Gasteiger partial charge in [0.2, 0.25) is 0 Å². The maximum absolute atomic E-state index is 13.8. The topological polar surface area (TPSA) is 93.7 Å². The maximum Gasteiger partial charge on any atom is 0.277 e. The normalized spacial score (nSPS) is 15.8. The summed E-state index contributed by atoms with van der Waals surface area (Å²) in [7, 11) is 1.62. The molecule has 0 aliphatic carbocycles. The molecule has 2 N–H and O–H groups in total. The van der Waals surface area contributed by atoms with Crippen LogP contribution in [-0.4, -0.2) is 53.2 Å². The lowest BCUT2D eigenvalue weighted by Gasteiger charge is -2.29. The zero-order valence-electron chi connectivity index (χ0n) is 20.3. The van der Waals surface area contributed by atoms with Crippen LogP contribution in [0.4, 0.5) is 5.69 Å². The predicted molar refractivity (Wildman–Crippen MR) is 134 cm³/mol. The Balaban J connectivity index is 1.46. The average Bonchev–Trinajstić information content (AvgIpc) is 3.29. The SMILES string of the molecule is COc1ccc(-n2nc(CN)c3c2C(=O)N(c2ccc(C(=O)N4CCCCC4)c(C)c2)CC3)cc1. The van der Waals surface area contributed by atoms with Gasteiger partial charge in [0.05, 0.1) is 18.5 Å². The molecule has 3 aromatic rings. The standard InChI is InChI=1S/C27H31N5O3/c1-18-16-20(8-11-22(18)26(33)30-13-4-3-5-14-30)31-15-12-23-24(17-28)29-32(25(23)27(31)34)19-6-9-21(35-2)10-7-19/h6-11,16H,3-5,12-15,17,28H2,1-2H3. The molecule has 0 radical (unpaired) electrons. The molecule has 0 unspecified atom stereocenters. The molecule has 35 heavy (non-hydrogen) atoms. The second kappa shape index (κ2) is 9.54. The van der Waals surface area contributed by atoms with Crippen molar-refractivity contribution in [3.05, 3.63) is 70.5 Å². The van der Waals surface area contributed by atoms with Crippen LogP contribution in [0, 0.1) is 6.92 Å². The lowest BCUT2D eigenvalue weighted by Crippen LogP contribution is -2.39. The average molecular weight is 474 g/mol. The van der Waals surface area contributed by atoms with Crippen LogP contribution in [0.25, 0.3) is 5.69 Å². The molecule has 0 bridgehead atoms. The molecule has 0 spiro atoms. The number of carbonyl (C=O) groups excluding carboxylic acids is 2. The third-order valence-electron chi connectivity index (χ3n) is 7.01. The number of nitrogens with zero attached hydrogens (tertiary/aromatic N) is 4. The number of likely N-dealkylation sites (tertiary alicyclic amines) is 1. The number of nitrogens with two attached hydrogens (primary N) is 1. The summed E-state index contributed by atoms with van der Waals surface area (Å²) < 4.78 is 6.95. The second-order valence-corrected chi connectivity index (χ2v) is 9.15. The Kier molecular flexibility index (Phi) is 6.30. The van der Waals surface area contributed by atoms with Gasteiger partial charge in [-0.1, -0.05) is 0 Å². The van der Waals surface area contributed by atoms with Crippen LogP contribution < -0.4 is 15.4 Å². The van der Waals surface area contributed by atoms with Gasteiger partial charge in [-0.05, 0) is 80.6 Å². The fraction of sp³-hybridized carbons (Fsp3) is 0.370. The molecule has 1 fully saturated rings. The third kappa shape index (κ3) is 4.18. The second-order valence-electron chi connectivity index (χ2n) is 9.15. The minimum absolute atomic E-state index is 0.0752. The monoisotopic (exact) mass is 473 g/mol. The Hall–Kier alpha value is -3.65. The van der Waals surface area contributed by atoms with Crippen molar-refractivity contribution in [3.63, 3.8) is 0 Å². The number of amides is 2. The maximum atomic E-state index is 13.8. The van der Waals surface area contributed by atoms with E-state index in [0.717, 1.165) is 59.9 Å². The van der Waals surface area contributed by atoms with Crippen molar-refractivity contribution >= 4 is 17.5 Å². The number of aryl methyl sites for hydroxylation is 1. The largest absolute Gasteiger partial charge is 0.497 e.